The molecule has 21 heavy (non-hydrogen) atoms. The van der Waals surface area contributed by atoms with Crippen LogP contribution in [0.1, 0.15) is 12.0 Å². The van der Waals surface area contributed by atoms with E-state index in [0.29, 0.717) is 17.7 Å². The molecule has 0 aliphatic carbocycles. The second-order valence-electron chi connectivity index (χ2n) is 4.51. The quantitative estimate of drug-likeness (QED) is 0.843. The molecule has 0 aliphatic heterocycles. The third-order valence-electron chi connectivity index (χ3n) is 3.06. The first-order valence-electron chi connectivity index (χ1n) is 6.44. The van der Waals surface area contributed by atoms with E-state index in [9.17, 15) is 15.2 Å². The predicted molar refractivity (Wildman–Crippen MR) is 78.0 cm³/mol. The summed E-state index contributed by atoms with van der Waals surface area (Å²) in [6.07, 6.45) is 0.283. The molecular weight excluding hydrogens is 270 g/mol. The van der Waals surface area contributed by atoms with Gasteiger partial charge in [0.05, 0.1) is 11.1 Å². The molecule has 1 aromatic heterocycles. The molecule has 0 bridgehead atoms. The van der Waals surface area contributed by atoms with Crippen molar-refractivity contribution in [1.29, 1.82) is 5.26 Å². The topological polar surface area (TPSA) is 95.2 Å². The van der Waals surface area contributed by atoms with E-state index in [0.717, 1.165) is 5.39 Å². The number of benzene rings is 1. The van der Waals surface area contributed by atoms with Gasteiger partial charge in [-0.25, -0.2) is 9.78 Å². The molecule has 0 spiro atoms. The first-order valence-corrected chi connectivity index (χ1v) is 6.44. The molecule has 2 aromatic rings. The Morgan fingerprint density at radius 1 is 1.52 bits per heavy atom. The summed E-state index contributed by atoms with van der Waals surface area (Å²) in [6, 6.07) is 10.2. The highest BCUT2D eigenvalue weighted by Crippen LogP contribution is 2.20. The number of carbonyl (C=O) groups is 1. The van der Waals surface area contributed by atoms with E-state index < -0.39 is 12.0 Å². The molecule has 0 fully saturated rings. The first-order chi connectivity index (χ1) is 10.2. The fraction of sp³-hybridized carbons (Fsp3) is 0.267. The summed E-state index contributed by atoms with van der Waals surface area (Å²) in [7, 11) is 1.51. The van der Waals surface area contributed by atoms with Gasteiger partial charge in [-0.05, 0) is 12.1 Å². The van der Waals surface area contributed by atoms with Gasteiger partial charge in [-0.3, -0.25) is 0 Å². The number of fused-ring (bicyclic) bond motifs is 1. The maximum absolute atomic E-state index is 11.2. The molecule has 0 aliphatic rings. The molecule has 2 N–H and O–H groups in total. The number of aliphatic carboxylic acids is 1. The number of carboxylic acids is 1. The molecule has 1 aromatic carbocycles. The standard InChI is InChI=1S/C15H15N3O3/c1-21-7-6-13(15(19)20)18-14-11(9-16)8-10-4-2-3-5-12(10)17-14/h2-5,8,13H,6-7H2,1H3,(H,17,18)(H,19,20). The normalized spacial score (nSPS) is 11.8. The van der Waals surface area contributed by atoms with E-state index in [1.165, 1.54) is 7.11 Å². The smallest absolute Gasteiger partial charge is 0.326 e. The van der Waals surface area contributed by atoms with Gasteiger partial charge in [-0.15, -0.1) is 0 Å². The molecular formula is C15H15N3O3. The Hall–Kier alpha value is -2.65. The Morgan fingerprint density at radius 3 is 2.95 bits per heavy atom. The number of nitrogens with zero attached hydrogens (tertiary/aromatic N) is 2. The van der Waals surface area contributed by atoms with Crippen molar-refractivity contribution in [2.75, 3.05) is 19.0 Å². The number of nitriles is 1. The lowest BCUT2D eigenvalue weighted by molar-refractivity contribution is -0.138. The lowest BCUT2D eigenvalue weighted by atomic mass is 10.1. The Labute approximate surface area is 122 Å². The van der Waals surface area contributed by atoms with Gasteiger partial charge in [0.2, 0.25) is 0 Å². The number of anilines is 1. The van der Waals surface area contributed by atoms with Crippen molar-refractivity contribution < 1.29 is 14.6 Å². The second kappa shape index (κ2) is 6.68. The fourth-order valence-corrected chi connectivity index (χ4v) is 1.97. The molecule has 108 valence electrons. The van der Waals surface area contributed by atoms with E-state index in [1.807, 2.05) is 30.3 Å². The van der Waals surface area contributed by atoms with E-state index in [4.69, 9.17) is 4.74 Å². The average molecular weight is 285 g/mol. The minimum Gasteiger partial charge on any atom is -0.480 e. The Morgan fingerprint density at radius 2 is 2.29 bits per heavy atom. The van der Waals surface area contributed by atoms with Crippen LogP contribution in [-0.4, -0.2) is 35.8 Å². The van der Waals surface area contributed by atoms with Gasteiger partial charge in [-0.2, -0.15) is 5.26 Å². The zero-order chi connectivity index (χ0) is 15.2. The average Bonchev–Trinajstić information content (AvgIpc) is 2.50. The molecule has 0 amide bonds. The molecule has 1 atom stereocenters. The van der Waals surface area contributed by atoms with E-state index >= 15 is 0 Å². The third-order valence-corrected chi connectivity index (χ3v) is 3.06. The van der Waals surface area contributed by atoms with Gasteiger partial charge in [0.1, 0.15) is 17.9 Å². The number of aromatic nitrogens is 1. The fourth-order valence-electron chi connectivity index (χ4n) is 1.97. The van der Waals surface area contributed by atoms with Gasteiger partial charge in [0.25, 0.3) is 0 Å². The second-order valence-corrected chi connectivity index (χ2v) is 4.51. The van der Waals surface area contributed by atoms with Crippen LogP contribution < -0.4 is 5.32 Å². The summed E-state index contributed by atoms with van der Waals surface area (Å²) in [5.41, 5.74) is 1.02. The van der Waals surface area contributed by atoms with E-state index in [2.05, 4.69) is 10.3 Å². The highest BCUT2D eigenvalue weighted by atomic mass is 16.5. The van der Waals surface area contributed by atoms with Crippen molar-refractivity contribution in [3.8, 4) is 6.07 Å². The maximum atomic E-state index is 11.2. The summed E-state index contributed by atoms with van der Waals surface area (Å²) in [6.45, 7) is 0.305. The number of carboxylic acid groups (broad SMARTS) is 1. The van der Waals surface area contributed by atoms with Gasteiger partial charge < -0.3 is 15.2 Å². The van der Waals surface area contributed by atoms with Gasteiger partial charge in [-0.1, -0.05) is 18.2 Å². The molecule has 6 nitrogen and oxygen atoms in total. The molecule has 1 heterocycles. The number of rotatable bonds is 6. The van der Waals surface area contributed by atoms with Crippen LogP contribution in [0.4, 0.5) is 5.82 Å². The Bertz CT molecular complexity index is 694. The molecule has 6 heteroatoms. The van der Waals surface area contributed by atoms with Crippen molar-refractivity contribution in [2.24, 2.45) is 0 Å². The summed E-state index contributed by atoms with van der Waals surface area (Å²) >= 11 is 0. The maximum Gasteiger partial charge on any atom is 0.326 e. The zero-order valence-electron chi connectivity index (χ0n) is 11.5. The largest absolute Gasteiger partial charge is 0.480 e. The number of ether oxygens (including phenoxy) is 1. The van der Waals surface area contributed by atoms with E-state index in [1.54, 1.807) is 6.07 Å². The summed E-state index contributed by atoms with van der Waals surface area (Å²) in [5, 5.41) is 22.1. The number of methoxy groups -OCH3 is 1. The number of pyridine rings is 1. The lowest BCUT2D eigenvalue weighted by Crippen LogP contribution is -2.31. The first kappa shape index (κ1) is 14.8. The molecule has 0 saturated carbocycles. The highest BCUT2D eigenvalue weighted by molar-refractivity contribution is 5.84. The zero-order valence-corrected chi connectivity index (χ0v) is 11.5. The minimum atomic E-state index is -1.01. The number of para-hydroxylation sites is 1. The van der Waals surface area contributed by atoms with Crippen LogP contribution in [0.25, 0.3) is 10.9 Å². The van der Waals surface area contributed by atoms with Crippen LogP contribution in [0.2, 0.25) is 0 Å². The van der Waals surface area contributed by atoms with Crippen LogP contribution in [0.15, 0.2) is 30.3 Å². The lowest BCUT2D eigenvalue weighted by Gasteiger charge is -2.16. The monoisotopic (exact) mass is 285 g/mol. The number of nitrogens with one attached hydrogen (secondary N) is 1. The third kappa shape index (κ3) is 3.46. The SMILES string of the molecule is COCCC(Nc1nc2ccccc2cc1C#N)C(=O)O. The van der Waals surface area contributed by atoms with Gasteiger partial charge in [0, 0.05) is 25.5 Å². The molecule has 0 radical (unpaired) electrons. The molecule has 0 saturated heterocycles. The number of hydrogen-bond donors (Lipinski definition) is 2. The van der Waals surface area contributed by atoms with Crippen LogP contribution in [0.5, 0.6) is 0 Å². The van der Waals surface area contributed by atoms with Crippen LogP contribution >= 0.6 is 0 Å². The van der Waals surface area contributed by atoms with Crippen molar-refractivity contribution in [3.05, 3.63) is 35.9 Å². The van der Waals surface area contributed by atoms with Crippen LogP contribution in [0, 0.1) is 11.3 Å². The van der Waals surface area contributed by atoms with Gasteiger partial charge >= 0.3 is 5.97 Å². The van der Waals surface area contributed by atoms with Crippen molar-refractivity contribution in [2.45, 2.75) is 12.5 Å². The minimum absolute atomic E-state index is 0.278. The van der Waals surface area contributed by atoms with Crippen molar-refractivity contribution >= 4 is 22.7 Å². The van der Waals surface area contributed by atoms with Crippen LogP contribution in [-0.2, 0) is 9.53 Å². The Kier molecular flexibility index (Phi) is 4.69. The Balaban J connectivity index is 2.35. The van der Waals surface area contributed by atoms with Crippen molar-refractivity contribution in [1.82, 2.24) is 4.98 Å². The summed E-state index contributed by atoms with van der Waals surface area (Å²) in [5.74, 6) is -0.731. The predicted octanol–water partition coefficient (Wildman–Crippen LogP) is 2.01. The van der Waals surface area contributed by atoms with Crippen molar-refractivity contribution in [3.63, 3.8) is 0 Å². The van der Waals surface area contributed by atoms with E-state index in [-0.39, 0.29) is 12.2 Å². The van der Waals surface area contributed by atoms with Crippen LogP contribution in [0.3, 0.4) is 0 Å². The summed E-state index contributed by atoms with van der Waals surface area (Å²) in [4.78, 5) is 15.6. The highest BCUT2D eigenvalue weighted by Gasteiger charge is 2.19. The molecule has 2 rings (SSSR count). The molecule has 1 unspecified atom stereocenters. The van der Waals surface area contributed by atoms with Gasteiger partial charge in [0.15, 0.2) is 0 Å². The summed E-state index contributed by atoms with van der Waals surface area (Å²) < 4.78 is 4.90. The number of hydrogen-bond acceptors (Lipinski definition) is 5.